The van der Waals surface area contributed by atoms with E-state index in [2.05, 4.69) is 0 Å². The van der Waals surface area contributed by atoms with E-state index in [1.54, 1.807) is 6.07 Å². The highest BCUT2D eigenvalue weighted by Gasteiger charge is 2.16. The molecule has 2 aliphatic heterocycles. The Morgan fingerprint density at radius 2 is 2.33 bits per heavy atom. The third kappa shape index (κ3) is 0.853. The van der Waals surface area contributed by atoms with Gasteiger partial charge in [-0.25, -0.2) is 4.79 Å². The number of furan rings is 1. The molecule has 62 valence electrons. The van der Waals surface area contributed by atoms with Crippen LogP contribution in [0.25, 0.3) is 11.3 Å². The Bertz CT molecular complexity index is 412. The lowest BCUT2D eigenvalue weighted by molar-refractivity contribution is 0.279. The number of rotatable bonds is 1. The van der Waals surface area contributed by atoms with Gasteiger partial charge in [0, 0.05) is 5.56 Å². The van der Waals surface area contributed by atoms with E-state index in [9.17, 15) is 4.79 Å². The van der Waals surface area contributed by atoms with Gasteiger partial charge >= 0.3 is 5.63 Å². The smallest absolute Gasteiger partial charge is 0.342 e. The molecule has 0 aromatic carbocycles. The standard InChI is InChI=1S/C8H6O4/c9-3-6-5-1-2-11-4-7(5)12-8(6)10/h1-2,4,9H,3H2. The van der Waals surface area contributed by atoms with E-state index in [4.69, 9.17) is 13.9 Å². The van der Waals surface area contributed by atoms with E-state index in [-0.39, 0.29) is 12.2 Å². The molecule has 0 saturated heterocycles. The molecule has 0 bridgehead atoms. The zero-order valence-electron chi connectivity index (χ0n) is 6.11. The van der Waals surface area contributed by atoms with Crippen molar-refractivity contribution < 1.29 is 13.9 Å². The quantitative estimate of drug-likeness (QED) is 0.681. The van der Waals surface area contributed by atoms with Crippen LogP contribution in [0.1, 0.15) is 5.56 Å². The molecule has 12 heavy (non-hydrogen) atoms. The first-order valence-corrected chi connectivity index (χ1v) is 3.41. The number of hydrogen-bond acceptors (Lipinski definition) is 4. The SMILES string of the molecule is O=c1oc2coccc-2c1CO. The lowest BCUT2D eigenvalue weighted by atomic mass is 10.1. The van der Waals surface area contributed by atoms with Crippen molar-refractivity contribution in [3.63, 3.8) is 0 Å². The van der Waals surface area contributed by atoms with Gasteiger partial charge in [-0.15, -0.1) is 0 Å². The normalized spacial score (nSPS) is 10.8. The highest BCUT2D eigenvalue weighted by atomic mass is 16.4. The van der Waals surface area contributed by atoms with Gasteiger partial charge in [0.25, 0.3) is 0 Å². The lowest BCUT2D eigenvalue weighted by Crippen LogP contribution is -2.00. The minimum Gasteiger partial charge on any atom is -0.469 e. The number of aliphatic hydroxyl groups excluding tert-OH is 1. The summed E-state index contributed by atoms with van der Waals surface area (Å²) in [5.74, 6) is 0.367. The first kappa shape index (κ1) is 7.12. The molecule has 0 atom stereocenters. The Labute approximate surface area is 67.4 Å². The maximum absolute atomic E-state index is 11.0. The molecule has 4 nitrogen and oxygen atoms in total. The molecule has 0 spiro atoms. The van der Waals surface area contributed by atoms with Crippen molar-refractivity contribution in [2.24, 2.45) is 0 Å². The highest BCUT2D eigenvalue weighted by molar-refractivity contribution is 5.61. The van der Waals surface area contributed by atoms with Gasteiger partial charge in [-0.3, -0.25) is 0 Å². The van der Waals surface area contributed by atoms with Gasteiger partial charge in [-0.2, -0.15) is 0 Å². The Kier molecular flexibility index (Phi) is 1.48. The lowest BCUT2D eigenvalue weighted by Gasteiger charge is -1.93. The predicted octanol–water partition coefficient (Wildman–Crippen LogP) is 0.830. The van der Waals surface area contributed by atoms with Crippen LogP contribution in [0.5, 0.6) is 0 Å². The van der Waals surface area contributed by atoms with Crippen molar-refractivity contribution in [3.8, 4) is 11.3 Å². The molecular formula is C8H6O4. The second-order valence-corrected chi connectivity index (χ2v) is 2.36. The Hall–Kier alpha value is -1.55. The molecule has 0 radical (unpaired) electrons. The molecule has 2 rings (SSSR count). The Morgan fingerprint density at radius 3 is 3.08 bits per heavy atom. The van der Waals surface area contributed by atoms with Crippen LogP contribution in [0.4, 0.5) is 0 Å². The van der Waals surface area contributed by atoms with E-state index in [1.807, 2.05) is 0 Å². The molecule has 2 heterocycles. The van der Waals surface area contributed by atoms with E-state index in [0.717, 1.165) is 0 Å². The summed E-state index contributed by atoms with van der Waals surface area (Å²) in [6.07, 6.45) is 2.76. The monoisotopic (exact) mass is 166 g/mol. The zero-order valence-corrected chi connectivity index (χ0v) is 6.11. The van der Waals surface area contributed by atoms with Crippen LogP contribution < -0.4 is 5.63 Å². The third-order valence-electron chi connectivity index (χ3n) is 1.69. The fraction of sp³-hybridized carbons (Fsp3) is 0.125. The summed E-state index contributed by atoms with van der Waals surface area (Å²) in [5.41, 5.74) is 0.378. The topological polar surface area (TPSA) is 63.6 Å². The molecule has 0 unspecified atom stereocenters. The first-order valence-electron chi connectivity index (χ1n) is 3.41. The first-order chi connectivity index (χ1) is 5.83. The second kappa shape index (κ2) is 2.49. The van der Waals surface area contributed by atoms with E-state index in [0.29, 0.717) is 11.3 Å². The van der Waals surface area contributed by atoms with Crippen LogP contribution in [-0.2, 0) is 6.61 Å². The molecule has 0 fully saturated rings. The fourth-order valence-corrected chi connectivity index (χ4v) is 1.10. The minimum atomic E-state index is -0.506. The van der Waals surface area contributed by atoms with Gasteiger partial charge in [-0.05, 0) is 6.07 Å². The van der Waals surface area contributed by atoms with Crippen molar-refractivity contribution in [1.29, 1.82) is 0 Å². The number of fused-ring (bicyclic) bond motifs is 1. The van der Waals surface area contributed by atoms with Crippen molar-refractivity contribution in [2.45, 2.75) is 6.61 Å². The summed E-state index contributed by atoms with van der Waals surface area (Å²) < 4.78 is 9.57. The fourth-order valence-electron chi connectivity index (χ4n) is 1.10. The van der Waals surface area contributed by atoms with Crippen molar-refractivity contribution in [1.82, 2.24) is 0 Å². The summed E-state index contributed by atoms with van der Waals surface area (Å²) in [6.45, 7) is -0.310. The molecule has 2 aliphatic rings. The van der Waals surface area contributed by atoms with E-state index >= 15 is 0 Å². The van der Waals surface area contributed by atoms with Crippen LogP contribution in [0.2, 0.25) is 0 Å². The van der Waals surface area contributed by atoms with Crippen LogP contribution in [0, 0.1) is 0 Å². The largest absolute Gasteiger partial charge is 0.469 e. The van der Waals surface area contributed by atoms with Gasteiger partial charge in [0.05, 0.1) is 18.4 Å². The number of hydrogen-bond donors (Lipinski definition) is 1. The summed E-state index contributed by atoms with van der Waals surface area (Å²) in [5, 5.41) is 8.81. The van der Waals surface area contributed by atoms with Gasteiger partial charge < -0.3 is 13.9 Å². The molecule has 0 saturated carbocycles. The molecule has 0 amide bonds. The van der Waals surface area contributed by atoms with E-state index < -0.39 is 5.63 Å². The van der Waals surface area contributed by atoms with Crippen molar-refractivity contribution >= 4 is 0 Å². The summed E-state index contributed by atoms with van der Waals surface area (Å²) in [7, 11) is 0. The Balaban J connectivity index is 2.80. The Morgan fingerprint density at radius 1 is 1.50 bits per heavy atom. The molecular weight excluding hydrogens is 160 g/mol. The van der Waals surface area contributed by atoms with Gasteiger partial charge in [0.1, 0.15) is 6.26 Å². The highest BCUT2D eigenvalue weighted by Crippen LogP contribution is 2.23. The zero-order chi connectivity index (χ0) is 8.55. The molecule has 0 aromatic rings. The number of aliphatic hydroxyl groups is 1. The summed E-state index contributed by atoms with van der Waals surface area (Å²) >= 11 is 0. The van der Waals surface area contributed by atoms with Crippen LogP contribution in [0.3, 0.4) is 0 Å². The third-order valence-corrected chi connectivity index (χ3v) is 1.69. The van der Waals surface area contributed by atoms with Crippen molar-refractivity contribution in [2.75, 3.05) is 0 Å². The van der Waals surface area contributed by atoms with Crippen LogP contribution in [-0.4, -0.2) is 5.11 Å². The van der Waals surface area contributed by atoms with Crippen LogP contribution in [0.15, 0.2) is 32.2 Å². The van der Waals surface area contributed by atoms with Crippen LogP contribution >= 0.6 is 0 Å². The van der Waals surface area contributed by atoms with Gasteiger partial charge in [0.2, 0.25) is 0 Å². The van der Waals surface area contributed by atoms with Gasteiger partial charge in [0.15, 0.2) is 5.76 Å². The molecule has 1 N–H and O–H groups in total. The summed E-state index contributed by atoms with van der Waals surface area (Å²) in [6, 6.07) is 1.59. The second-order valence-electron chi connectivity index (χ2n) is 2.36. The average molecular weight is 166 g/mol. The predicted molar refractivity (Wildman–Crippen MR) is 39.8 cm³/mol. The maximum atomic E-state index is 11.0. The minimum absolute atomic E-state index is 0.279. The summed E-state index contributed by atoms with van der Waals surface area (Å²) in [4.78, 5) is 11.0. The van der Waals surface area contributed by atoms with Gasteiger partial charge in [-0.1, -0.05) is 0 Å². The van der Waals surface area contributed by atoms with E-state index in [1.165, 1.54) is 12.5 Å². The molecule has 0 aliphatic carbocycles. The maximum Gasteiger partial charge on any atom is 0.342 e. The molecule has 4 heteroatoms. The average Bonchev–Trinajstić information content (AvgIpc) is 2.40. The van der Waals surface area contributed by atoms with Crippen molar-refractivity contribution in [3.05, 3.63) is 34.6 Å². The molecule has 0 aromatic heterocycles.